The Balaban J connectivity index is 1.33. The number of aromatic nitrogens is 2. The third-order valence-corrected chi connectivity index (χ3v) is 9.50. The molecule has 0 radical (unpaired) electrons. The van der Waals surface area contributed by atoms with Crippen molar-refractivity contribution < 1.29 is 17.5 Å². The number of fused-ring (bicyclic) bond motifs is 2. The van der Waals surface area contributed by atoms with Crippen molar-refractivity contribution in [2.45, 2.75) is 25.2 Å². The van der Waals surface area contributed by atoms with Crippen LogP contribution in [0.2, 0.25) is 10.0 Å². The lowest BCUT2D eigenvalue weighted by Gasteiger charge is -2.23. The van der Waals surface area contributed by atoms with Crippen molar-refractivity contribution in [2.75, 3.05) is 43.9 Å². The fraction of sp³-hybridized carbons (Fsp3) is 0.250. The normalized spacial score (nSPS) is 11.8. The summed E-state index contributed by atoms with van der Waals surface area (Å²) < 4.78 is 48.8. The smallest absolute Gasteiger partial charge is 0.243 e. The fourth-order valence-electron chi connectivity index (χ4n) is 5.05. The molecule has 0 fully saturated rings. The van der Waals surface area contributed by atoms with Gasteiger partial charge in [-0.2, -0.15) is 4.31 Å². The third-order valence-electron chi connectivity index (χ3n) is 7.13. The molecule has 0 aliphatic heterocycles. The van der Waals surface area contributed by atoms with Crippen molar-refractivity contribution in [1.82, 2.24) is 14.3 Å². The lowest BCUT2D eigenvalue weighted by molar-refractivity contribution is 0.412. The monoisotopic (exact) mass is 655 g/mol. The van der Waals surface area contributed by atoms with E-state index in [4.69, 9.17) is 27.9 Å². The van der Waals surface area contributed by atoms with Crippen molar-refractivity contribution >= 4 is 66.4 Å². The van der Waals surface area contributed by atoms with Crippen molar-refractivity contribution in [3.8, 4) is 5.75 Å². The number of aryl methyl sites for hydroxylation is 2. The van der Waals surface area contributed by atoms with E-state index in [0.29, 0.717) is 47.1 Å². The molecule has 8 nitrogen and oxygen atoms in total. The van der Waals surface area contributed by atoms with Crippen molar-refractivity contribution in [2.24, 2.45) is 0 Å². The zero-order valence-corrected chi connectivity index (χ0v) is 26.8. The summed E-state index contributed by atoms with van der Waals surface area (Å²) in [6.07, 6.45) is 0.480. The summed E-state index contributed by atoms with van der Waals surface area (Å²) >= 11 is 12.4. The van der Waals surface area contributed by atoms with Crippen LogP contribution in [-0.2, 0) is 10.0 Å². The van der Waals surface area contributed by atoms with Crippen LogP contribution in [0, 0.1) is 19.7 Å². The molecule has 0 atom stereocenters. The molecule has 0 saturated carbocycles. The molecule has 2 aromatic heterocycles. The molecule has 0 spiro atoms. The molecule has 0 amide bonds. The second-order valence-electron chi connectivity index (χ2n) is 10.4. The summed E-state index contributed by atoms with van der Waals surface area (Å²) in [6.45, 7) is 4.91. The summed E-state index contributed by atoms with van der Waals surface area (Å²) in [7, 11) is -2.31. The molecule has 3 aromatic carbocycles. The molecule has 5 rings (SSSR count). The van der Waals surface area contributed by atoms with Gasteiger partial charge in [-0.25, -0.2) is 17.8 Å². The molecule has 230 valence electrons. The zero-order chi connectivity index (χ0) is 31.4. The number of halogens is 3. The summed E-state index contributed by atoms with van der Waals surface area (Å²) in [6, 6.07) is 18.5. The van der Waals surface area contributed by atoms with Crippen LogP contribution in [-0.4, -0.2) is 56.0 Å². The Labute approximate surface area is 266 Å². The number of nitrogens with zero attached hydrogens (tertiary/aromatic N) is 3. The maximum absolute atomic E-state index is 14.5. The second-order valence-corrected chi connectivity index (χ2v) is 13.2. The predicted molar refractivity (Wildman–Crippen MR) is 176 cm³/mol. The number of hydrogen-bond donors (Lipinski definition) is 2. The molecule has 2 heterocycles. The van der Waals surface area contributed by atoms with Crippen LogP contribution in [0.15, 0.2) is 71.6 Å². The maximum atomic E-state index is 14.5. The van der Waals surface area contributed by atoms with Crippen LogP contribution in [0.1, 0.15) is 17.8 Å². The Hall–Kier alpha value is -3.70. The summed E-state index contributed by atoms with van der Waals surface area (Å²) in [5, 5.41) is 8.98. The average Bonchev–Trinajstić information content (AvgIpc) is 2.99. The van der Waals surface area contributed by atoms with E-state index in [1.54, 1.807) is 43.3 Å². The van der Waals surface area contributed by atoms with Gasteiger partial charge < -0.3 is 15.4 Å². The molecule has 0 bridgehead atoms. The SMILES string of the molecule is COc1ccc(S(=O)(=O)N(CCCNc2cc(C)nc3c(F)cc(Cl)cc23)CCNc2cc(C)nc3ccc(Cl)cc23)cc1. The zero-order valence-electron chi connectivity index (χ0n) is 24.5. The van der Waals surface area contributed by atoms with Gasteiger partial charge >= 0.3 is 0 Å². The Morgan fingerprint density at radius 1 is 0.818 bits per heavy atom. The van der Waals surface area contributed by atoms with E-state index in [1.165, 1.54) is 17.5 Å². The molecular weight excluding hydrogens is 624 g/mol. The van der Waals surface area contributed by atoms with Gasteiger partial charge in [-0.05, 0) is 87.0 Å². The van der Waals surface area contributed by atoms with Crippen LogP contribution >= 0.6 is 23.2 Å². The minimum absolute atomic E-state index is 0.170. The van der Waals surface area contributed by atoms with Gasteiger partial charge in [-0.15, -0.1) is 0 Å². The van der Waals surface area contributed by atoms with E-state index < -0.39 is 15.8 Å². The minimum Gasteiger partial charge on any atom is -0.497 e. The highest BCUT2D eigenvalue weighted by Crippen LogP contribution is 2.29. The first-order valence-corrected chi connectivity index (χ1v) is 16.2. The van der Waals surface area contributed by atoms with Crippen LogP contribution in [0.3, 0.4) is 0 Å². The second kappa shape index (κ2) is 13.5. The Morgan fingerprint density at radius 3 is 2.20 bits per heavy atom. The van der Waals surface area contributed by atoms with Gasteiger partial charge in [0.05, 0.1) is 17.5 Å². The van der Waals surface area contributed by atoms with E-state index in [-0.39, 0.29) is 28.5 Å². The fourth-order valence-corrected chi connectivity index (χ4v) is 6.90. The van der Waals surface area contributed by atoms with Crippen LogP contribution in [0.4, 0.5) is 15.8 Å². The van der Waals surface area contributed by atoms with E-state index in [2.05, 4.69) is 20.6 Å². The van der Waals surface area contributed by atoms with E-state index in [0.717, 1.165) is 22.3 Å². The number of sulfonamides is 1. The highest BCUT2D eigenvalue weighted by Gasteiger charge is 2.24. The van der Waals surface area contributed by atoms with Crippen molar-refractivity contribution in [3.63, 3.8) is 0 Å². The van der Waals surface area contributed by atoms with Crippen molar-refractivity contribution in [1.29, 1.82) is 0 Å². The first-order valence-electron chi connectivity index (χ1n) is 14.0. The third kappa shape index (κ3) is 7.15. The largest absolute Gasteiger partial charge is 0.497 e. The average molecular weight is 657 g/mol. The summed E-state index contributed by atoms with van der Waals surface area (Å²) in [5.74, 6) is 0.0688. The molecule has 2 N–H and O–H groups in total. The molecule has 0 aliphatic carbocycles. The van der Waals surface area contributed by atoms with Gasteiger partial charge in [0.15, 0.2) is 5.82 Å². The van der Waals surface area contributed by atoms with Crippen molar-refractivity contribution in [3.05, 3.63) is 94.0 Å². The number of pyridine rings is 2. The standard InChI is InChI=1S/C32H32Cl2FN5O3S/c1-20-15-30(26-17-22(33)5-10-29(26)38-20)37-12-14-40(44(41,42)25-8-6-24(43-3)7-9-25)13-4-11-36-31-16-21(2)39-32-27(31)18-23(34)19-28(32)35/h5-10,15-19H,4,11-14H2,1-3H3,(H,36,39)(H,37,38). The van der Waals surface area contributed by atoms with E-state index in [9.17, 15) is 12.8 Å². The van der Waals surface area contributed by atoms with Crippen LogP contribution in [0.5, 0.6) is 5.75 Å². The van der Waals surface area contributed by atoms with Gasteiger partial charge in [0.2, 0.25) is 10.0 Å². The quantitative estimate of drug-likeness (QED) is 0.135. The topological polar surface area (TPSA) is 96.5 Å². The number of anilines is 2. The number of ether oxygens (including phenoxy) is 1. The number of hydrogen-bond acceptors (Lipinski definition) is 7. The minimum atomic E-state index is -3.84. The lowest BCUT2D eigenvalue weighted by atomic mass is 10.1. The number of methoxy groups -OCH3 is 1. The molecule has 44 heavy (non-hydrogen) atoms. The van der Waals surface area contributed by atoms with E-state index >= 15 is 0 Å². The number of nitrogens with one attached hydrogen (secondary N) is 2. The summed E-state index contributed by atoms with van der Waals surface area (Å²) in [5.41, 5.74) is 4.01. The molecule has 5 aromatic rings. The highest BCUT2D eigenvalue weighted by atomic mass is 35.5. The summed E-state index contributed by atoms with van der Waals surface area (Å²) in [4.78, 5) is 9.05. The Kier molecular flexibility index (Phi) is 9.75. The van der Waals surface area contributed by atoms with Crippen LogP contribution < -0.4 is 15.4 Å². The first-order chi connectivity index (χ1) is 21.0. The Bertz CT molecular complexity index is 1920. The van der Waals surface area contributed by atoms with Gasteiger partial charge in [0.25, 0.3) is 0 Å². The maximum Gasteiger partial charge on any atom is 0.243 e. The predicted octanol–water partition coefficient (Wildman–Crippen LogP) is 7.46. The van der Waals surface area contributed by atoms with Crippen LogP contribution in [0.25, 0.3) is 21.8 Å². The van der Waals surface area contributed by atoms with Gasteiger partial charge in [0, 0.05) is 69.8 Å². The van der Waals surface area contributed by atoms with Gasteiger partial charge in [-0.3, -0.25) is 4.98 Å². The highest BCUT2D eigenvalue weighted by molar-refractivity contribution is 7.89. The Morgan fingerprint density at radius 2 is 1.48 bits per heavy atom. The number of benzene rings is 3. The number of rotatable bonds is 12. The van der Waals surface area contributed by atoms with Gasteiger partial charge in [0.1, 0.15) is 11.3 Å². The lowest BCUT2D eigenvalue weighted by Crippen LogP contribution is -2.36. The molecular formula is C32H32Cl2FN5O3S. The molecule has 0 aliphatic rings. The van der Waals surface area contributed by atoms with Gasteiger partial charge in [-0.1, -0.05) is 23.2 Å². The van der Waals surface area contributed by atoms with E-state index in [1.807, 2.05) is 31.2 Å². The molecule has 0 saturated heterocycles. The molecule has 0 unspecified atom stereocenters. The first kappa shape index (κ1) is 31.7. The molecule has 12 heteroatoms.